The van der Waals surface area contributed by atoms with Crippen molar-refractivity contribution < 1.29 is 0 Å². The lowest BCUT2D eigenvalue weighted by molar-refractivity contribution is 0.647. The third-order valence-electron chi connectivity index (χ3n) is 3.56. The summed E-state index contributed by atoms with van der Waals surface area (Å²) < 4.78 is 1.75. The Bertz CT molecular complexity index is 597. The van der Waals surface area contributed by atoms with Crippen molar-refractivity contribution in [3.05, 3.63) is 42.4 Å². The van der Waals surface area contributed by atoms with Gasteiger partial charge in [0.05, 0.1) is 0 Å². The first-order valence-electron chi connectivity index (χ1n) is 8.23. The highest BCUT2D eigenvalue weighted by Gasteiger charge is 2.02. The highest BCUT2D eigenvalue weighted by atomic mass is 127. The number of pyridine rings is 1. The summed E-state index contributed by atoms with van der Waals surface area (Å²) in [6, 6.07) is 5.90. The molecule has 2 rings (SSSR count). The maximum atomic E-state index is 4.33. The lowest BCUT2D eigenvalue weighted by Crippen LogP contribution is -2.37. The van der Waals surface area contributed by atoms with Crippen LogP contribution in [-0.2, 0) is 6.54 Å². The molecule has 0 atom stereocenters. The van der Waals surface area contributed by atoms with Gasteiger partial charge in [-0.05, 0) is 30.2 Å². The zero-order valence-corrected chi connectivity index (χ0v) is 16.7. The van der Waals surface area contributed by atoms with Gasteiger partial charge in [-0.25, -0.2) is 9.67 Å². The summed E-state index contributed by atoms with van der Waals surface area (Å²) in [5.41, 5.74) is 1.14. The molecule has 0 saturated heterocycles. The lowest BCUT2D eigenvalue weighted by Gasteiger charge is -2.12. The van der Waals surface area contributed by atoms with Crippen LogP contribution in [0.25, 0.3) is 5.82 Å². The molecule has 0 aromatic carbocycles. The van der Waals surface area contributed by atoms with Gasteiger partial charge in [-0.15, -0.1) is 24.0 Å². The molecule has 2 heterocycles. The zero-order chi connectivity index (χ0) is 16.3. The quantitative estimate of drug-likeness (QED) is 0.285. The molecule has 0 aliphatic rings. The van der Waals surface area contributed by atoms with E-state index in [0.29, 0.717) is 6.54 Å². The molecular weight excluding hydrogens is 415 g/mol. The van der Waals surface area contributed by atoms with Crippen molar-refractivity contribution in [1.29, 1.82) is 0 Å². The summed E-state index contributed by atoms with van der Waals surface area (Å²) >= 11 is 0. The molecule has 0 aliphatic carbocycles. The Kier molecular flexibility index (Phi) is 10.1. The molecule has 2 N–H and O–H groups in total. The highest BCUT2D eigenvalue weighted by Crippen LogP contribution is 2.06. The number of nitrogens with one attached hydrogen (secondary N) is 2. The molecular formula is C17H27IN6. The minimum atomic E-state index is 0. The van der Waals surface area contributed by atoms with E-state index in [0.717, 1.165) is 23.9 Å². The Morgan fingerprint density at radius 1 is 1.21 bits per heavy atom. The fourth-order valence-corrected chi connectivity index (χ4v) is 2.27. The van der Waals surface area contributed by atoms with E-state index in [2.05, 4.69) is 32.6 Å². The summed E-state index contributed by atoms with van der Waals surface area (Å²) in [7, 11) is 1.79. The van der Waals surface area contributed by atoms with Crippen molar-refractivity contribution in [1.82, 2.24) is 25.4 Å². The molecule has 0 saturated carbocycles. The standard InChI is InChI=1S/C17H26N6.HI/c1-3-4-5-6-9-20-17(18-2)21-14-15-8-11-19-16(13-15)23-12-7-10-22-23;/h7-8,10-13H,3-6,9,14H2,1-2H3,(H2,18,20,21);1H. The summed E-state index contributed by atoms with van der Waals surface area (Å²) in [4.78, 5) is 8.59. The van der Waals surface area contributed by atoms with Crippen LogP contribution in [0.2, 0.25) is 0 Å². The largest absolute Gasteiger partial charge is 0.356 e. The van der Waals surface area contributed by atoms with Gasteiger partial charge in [0.25, 0.3) is 0 Å². The first-order chi connectivity index (χ1) is 11.3. The van der Waals surface area contributed by atoms with Crippen LogP contribution in [0.4, 0.5) is 0 Å². The molecule has 24 heavy (non-hydrogen) atoms. The highest BCUT2D eigenvalue weighted by molar-refractivity contribution is 14.0. The fourth-order valence-electron chi connectivity index (χ4n) is 2.27. The molecule has 0 aliphatic heterocycles. The van der Waals surface area contributed by atoms with E-state index in [4.69, 9.17) is 0 Å². The van der Waals surface area contributed by atoms with Crippen molar-refractivity contribution >= 4 is 29.9 Å². The van der Waals surface area contributed by atoms with Gasteiger partial charge in [0.15, 0.2) is 11.8 Å². The normalized spacial score (nSPS) is 11.0. The number of unbranched alkanes of at least 4 members (excludes halogenated alkanes) is 3. The maximum absolute atomic E-state index is 4.33. The van der Waals surface area contributed by atoms with Crippen molar-refractivity contribution in [3.8, 4) is 5.82 Å². The number of nitrogens with zero attached hydrogens (tertiary/aromatic N) is 4. The van der Waals surface area contributed by atoms with Gasteiger partial charge in [0.2, 0.25) is 0 Å². The molecule has 0 spiro atoms. The van der Waals surface area contributed by atoms with Gasteiger partial charge >= 0.3 is 0 Å². The Morgan fingerprint density at radius 3 is 2.79 bits per heavy atom. The monoisotopic (exact) mass is 442 g/mol. The molecule has 2 aromatic heterocycles. The van der Waals surface area contributed by atoms with Gasteiger partial charge in [-0.1, -0.05) is 26.2 Å². The van der Waals surface area contributed by atoms with Crippen LogP contribution >= 0.6 is 24.0 Å². The summed E-state index contributed by atoms with van der Waals surface area (Å²) in [5.74, 6) is 1.65. The second-order valence-electron chi connectivity index (χ2n) is 5.39. The summed E-state index contributed by atoms with van der Waals surface area (Å²) in [6.45, 7) is 3.88. The molecule has 132 valence electrons. The fraction of sp³-hybridized carbons (Fsp3) is 0.471. The summed E-state index contributed by atoms with van der Waals surface area (Å²) in [6.07, 6.45) is 10.4. The summed E-state index contributed by atoms with van der Waals surface area (Å²) in [5, 5.41) is 10.9. The minimum absolute atomic E-state index is 0. The van der Waals surface area contributed by atoms with E-state index < -0.39 is 0 Å². The van der Waals surface area contributed by atoms with Crippen molar-refractivity contribution in [2.24, 2.45) is 4.99 Å². The third-order valence-corrected chi connectivity index (χ3v) is 3.56. The molecule has 0 amide bonds. The molecule has 0 bridgehead atoms. The van der Waals surface area contributed by atoms with Gasteiger partial charge < -0.3 is 10.6 Å². The van der Waals surface area contributed by atoms with Crippen LogP contribution < -0.4 is 10.6 Å². The zero-order valence-electron chi connectivity index (χ0n) is 14.4. The third kappa shape index (κ3) is 6.86. The number of aromatic nitrogens is 3. The Balaban J connectivity index is 0.00000288. The van der Waals surface area contributed by atoms with Crippen LogP contribution in [0.3, 0.4) is 0 Å². The van der Waals surface area contributed by atoms with Gasteiger partial charge in [0, 0.05) is 38.7 Å². The van der Waals surface area contributed by atoms with Crippen molar-refractivity contribution in [3.63, 3.8) is 0 Å². The Labute approximate surface area is 161 Å². The number of halogens is 1. The predicted octanol–water partition coefficient (Wildman–Crippen LogP) is 3.13. The molecule has 0 unspecified atom stereocenters. The van der Waals surface area contributed by atoms with Crippen LogP contribution in [-0.4, -0.2) is 34.3 Å². The number of hydrogen-bond acceptors (Lipinski definition) is 3. The first-order valence-corrected chi connectivity index (χ1v) is 8.23. The van der Waals surface area contributed by atoms with Crippen LogP contribution in [0, 0.1) is 0 Å². The molecule has 7 heteroatoms. The maximum Gasteiger partial charge on any atom is 0.191 e. The SMILES string of the molecule is CCCCCCNC(=NC)NCc1ccnc(-n2cccn2)c1.I. The Morgan fingerprint density at radius 2 is 2.08 bits per heavy atom. The minimum Gasteiger partial charge on any atom is -0.356 e. The predicted molar refractivity (Wildman–Crippen MR) is 109 cm³/mol. The second-order valence-corrected chi connectivity index (χ2v) is 5.39. The van der Waals surface area contributed by atoms with E-state index in [1.807, 2.05) is 24.4 Å². The van der Waals surface area contributed by atoms with Crippen LogP contribution in [0.15, 0.2) is 41.8 Å². The van der Waals surface area contributed by atoms with Gasteiger partial charge in [-0.2, -0.15) is 5.10 Å². The molecule has 6 nitrogen and oxygen atoms in total. The molecule has 2 aromatic rings. The number of hydrogen-bond donors (Lipinski definition) is 2. The first kappa shape index (κ1) is 20.4. The topological polar surface area (TPSA) is 67.1 Å². The van der Waals surface area contributed by atoms with E-state index in [-0.39, 0.29) is 24.0 Å². The molecule has 0 radical (unpaired) electrons. The number of aliphatic imine (C=N–C) groups is 1. The average Bonchev–Trinajstić information content (AvgIpc) is 3.12. The van der Waals surface area contributed by atoms with Gasteiger partial charge in [0.1, 0.15) is 0 Å². The smallest absolute Gasteiger partial charge is 0.191 e. The van der Waals surface area contributed by atoms with Crippen molar-refractivity contribution in [2.75, 3.05) is 13.6 Å². The van der Waals surface area contributed by atoms with E-state index in [9.17, 15) is 0 Å². The second kappa shape index (κ2) is 11.8. The van der Waals surface area contributed by atoms with E-state index in [1.165, 1.54) is 25.7 Å². The van der Waals surface area contributed by atoms with Crippen molar-refractivity contribution in [2.45, 2.75) is 39.2 Å². The average molecular weight is 442 g/mol. The lowest BCUT2D eigenvalue weighted by atomic mass is 10.2. The van der Waals surface area contributed by atoms with Gasteiger partial charge in [-0.3, -0.25) is 4.99 Å². The Hall–Kier alpha value is -1.64. The van der Waals surface area contributed by atoms with Crippen LogP contribution in [0.5, 0.6) is 0 Å². The number of guanidine groups is 1. The van der Waals surface area contributed by atoms with E-state index in [1.54, 1.807) is 24.1 Å². The van der Waals surface area contributed by atoms with E-state index >= 15 is 0 Å². The number of rotatable bonds is 8. The van der Waals surface area contributed by atoms with Crippen LogP contribution in [0.1, 0.15) is 38.2 Å². The molecule has 0 fully saturated rings.